The van der Waals surface area contributed by atoms with Crippen LogP contribution in [0.15, 0.2) is 17.5 Å². The van der Waals surface area contributed by atoms with Gasteiger partial charge < -0.3 is 10.6 Å². The molecule has 4 nitrogen and oxygen atoms in total. The molecule has 5 heteroatoms. The normalized spacial score (nSPS) is 11.8. The van der Waals surface area contributed by atoms with Crippen LogP contribution in [0.4, 0.5) is 0 Å². The number of rotatable bonds is 6. The highest BCUT2D eigenvalue weighted by atomic mass is 32.1. The molecule has 0 fully saturated rings. The van der Waals surface area contributed by atoms with Gasteiger partial charge in [0.15, 0.2) is 0 Å². The molecule has 2 N–H and O–H groups in total. The van der Waals surface area contributed by atoms with Gasteiger partial charge in [0.25, 0.3) is 0 Å². The topological polar surface area (TPSA) is 64.9 Å². The average molecular weight is 237 g/mol. The smallest absolute Gasteiger partial charge is 0.234 e. The Morgan fingerprint density at radius 1 is 1.69 bits per heavy atom. The van der Waals surface area contributed by atoms with E-state index in [1.807, 2.05) is 30.5 Å². The van der Waals surface area contributed by atoms with Crippen molar-refractivity contribution in [3.63, 3.8) is 0 Å². The highest BCUT2D eigenvalue weighted by Crippen LogP contribution is 2.17. The van der Waals surface area contributed by atoms with Crippen LogP contribution in [0.5, 0.6) is 0 Å². The molecule has 1 aromatic heterocycles. The highest BCUT2D eigenvalue weighted by molar-refractivity contribution is 7.10. The van der Waals surface area contributed by atoms with Crippen molar-refractivity contribution in [2.24, 2.45) is 0 Å². The van der Waals surface area contributed by atoms with Crippen LogP contribution in [0.1, 0.15) is 24.3 Å². The number of thiophene rings is 1. The van der Waals surface area contributed by atoms with Crippen molar-refractivity contribution < 1.29 is 4.79 Å². The number of nitrogens with one attached hydrogen (secondary N) is 2. The maximum absolute atomic E-state index is 11.3. The first-order chi connectivity index (χ1) is 7.74. The summed E-state index contributed by atoms with van der Waals surface area (Å²) in [4.78, 5) is 12.5. The van der Waals surface area contributed by atoms with E-state index < -0.39 is 0 Å². The fourth-order valence-electron chi connectivity index (χ4n) is 1.20. The largest absolute Gasteiger partial charge is 0.354 e. The molecule has 16 heavy (non-hydrogen) atoms. The first-order valence-corrected chi connectivity index (χ1v) is 6.02. The third-order valence-corrected chi connectivity index (χ3v) is 3.15. The molecule has 0 aliphatic heterocycles. The minimum Gasteiger partial charge on any atom is -0.354 e. The Bertz CT molecular complexity index is 356. The van der Waals surface area contributed by atoms with E-state index in [1.165, 1.54) is 4.88 Å². The summed E-state index contributed by atoms with van der Waals surface area (Å²) in [6.45, 7) is 2.73. The van der Waals surface area contributed by atoms with Gasteiger partial charge in [-0.3, -0.25) is 4.79 Å². The van der Waals surface area contributed by atoms with Crippen molar-refractivity contribution in [1.82, 2.24) is 10.6 Å². The van der Waals surface area contributed by atoms with Crippen LogP contribution in [0.25, 0.3) is 0 Å². The Labute approximate surface area is 99.3 Å². The standard InChI is InChI=1S/C11H15N3OS/c1-9(10-4-2-7-16-10)14-8-11(15)13-6-3-5-12/h2,4,7,9,14H,3,6,8H2,1H3,(H,13,15)/t9-/m0/s1. The summed E-state index contributed by atoms with van der Waals surface area (Å²) >= 11 is 1.67. The molecule has 1 heterocycles. The Hall–Kier alpha value is -1.38. The average Bonchev–Trinajstić information content (AvgIpc) is 2.79. The highest BCUT2D eigenvalue weighted by Gasteiger charge is 2.07. The fraction of sp³-hybridized carbons (Fsp3) is 0.455. The lowest BCUT2D eigenvalue weighted by molar-refractivity contribution is -0.120. The summed E-state index contributed by atoms with van der Waals surface area (Å²) in [6, 6.07) is 6.19. The molecule has 0 aliphatic rings. The summed E-state index contributed by atoms with van der Waals surface area (Å²) in [5.74, 6) is -0.0707. The molecule has 0 saturated heterocycles. The monoisotopic (exact) mass is 237 g/mol. The molecule has 0 aromatic carbocycles. The van der Waals surface area contributed by atoms with Gasteiger partial charge in [0, 0.05) is 17.5 Å². The van der Waals surface area contributed by atoms with Crippen molar-refractivity contribution in [3.8, 4) is 6.07 Å². The van der Waals surface area contributed by atoms with E-state index in [4.69, 9.17) is 5.26 Å². The number of nitrogens with zero attached hydrogens (tertiary/aromatic N) is 1. The zero-order valence-corrected chi connectivity index (χ0v) is 10.0. The van der Waals surface area contributed by atoms with Crippen LogP contribution in [0, 0.1) is 11.3 Å². The predicted octanol–water partition coefficient (Wildman–Crippen LogP) is 1.43. The number of carbonyl (C=O) groups is 1. The maximum Gasteiger partial charge on any atom is 0.234 e. The van der Waals surface area contributed by atoms with E-state index >= 15 is 0 Å². The molecule has 0 aliphatic carbocycles. The van der Waals surface area contributed by atoms with Crippen molar-refractivity contribution in [3.05, 3.63) is 22.4 Å². The molecule has 0 bridgehead atoms. The molecule has 0 saturated carbocycles. The summed E-state index contributed by atoms with van der Waals surface area (Å²) in [5, 5.41) is 16.1. The number of amides is 1. The maximum atomic E-state index is 11.3. The molecule has 0 unspecified atom stereocenters. The molecule has 1 atom stereocenters. The van der Waals surface area contributed by atoms with Crippen molar-refractivity contribution in [1.29, 1.82) is 5.26 Å². The van der Waals surface area contributed by atoms with E-state index in [9.17, 15) is 4.79 Å². The van der Waals surface area contributed by atoms with Crippen LogP contribution < -0.4 is 10.6 Å². The second-order valence-electron chi connectivity index (χ2n) is 3.38. The van der Waals surface area contributed by atoms with Crippen molar-refractivity contribution >= 4 is 17.2 Å². The molecule has 1 amide bonds. The van der Waals surface area contributed by atoms with E-state index in [-0.39, 0.29) is 18.5 Å². The van der Waals surface area contributed by atoms with E-state index in [0.29, 0.717) is 13.0 Å². The minimum absolute atomic E-state index is 0.0707. The van der Waals surface area contributed by atoms with Gasteiger partial charge in [-0.1, -0.05) is 6.07 Å². The number of hydrogen-bond donors (Lipinski definition) is 2. The van der Waals surface area contributed by atoms with Gasteiger partial charge in [-0.15, -0.1) is 11.3 Å². The van der Waals surface area contributed by atoms with Gasteiger partial charge in [0.2, 0.25) is 5.91 Å². The lowest BCUT2D eigenvalue weighted by Gasteiger charge is -2.11. The molecular weight excluding hydrogens is 222 g/mol. The van der Waals surface area contributed by atoms with Crippen molar-refractivity contribution in [2.75, 3.05) is 13.1 Å². The van der Waals surface area contributed by atoms with Gasteiger partial charge in [-0.25, -0.2) is 0 Å². The molecule has 0 spiro atoms. The molecule has 86 valence electrons. The van der Waals surface area contributed by atoms with Crippen LogP contribution in [-0.2, 0) is 4.79 Å². The summed E-state index contributed by atoms with van der Waals surface area (Å²) in [5.41, 5.74) is 0. The lowest BCUT2D eigenvalue weighted by Crippen LogP contribution is -2.35. The van der Waals surface area contributed by atoms with E-state index in [2.05, 4.69) is 10.6 Å². The van der Waals surface area contributed by atoms with Crippen LogP contribution >= 0.6 is 11.3 Å². The SMILES string of the molecule is C[C@H](NCC(=O)NCCC#N)c1cccs1. The predicted molar refractivity (Wildman–Crippen MR) is 64.0 cm³/mol. The Kier molecular flexibility index (Phi) is 5.54. The Morgan fingerprint density at radius 3 is 3.12 bits per heavy atom. The summed E-state index contributed by atoms with van der Waals surface area (Å²) < 4.78 is 0. The fourth-order valence-corrected chi connectivity index (χ4v) is 1.96. The van der Waals surface area contributed by atoms with Crippen LogP contribution in [0.3, 0.4) is 0 Å². The summed E-state index contributed by atoms with van der Waals surface area (Å²) in [6.07, 6.45) is 0.353. The van der Waals surface area contributed by atoms with Gasteiger partial charge in [-0.05, 0) is 18.4 Å². The molecule has 1 aromatic rings. The molecule has 1 rings (SSSR count). The lowest BCUT2D eigenvalue weighted by atomic mass is 10.3. The second kappa shape index (κ2) is 6.99. The number of carbonyl (C=O) groups excluding carboxylic acids is 1. The van der Waals surface area contributed by atoms with E-state index in [1.54, 1.807) is 11.3 Å². The van der Waals surface area contributed by atoms with Crippen LogP contribution in [-0.4, -0.2) is 19.0 Å². The van der Waals surface area contributed by atoms with Crippen LogP contribution in [0.2, 0.25) is 0 Å². The minimum atomic E-state index is -0.0707. The van der Waals surface area contributed by atoms with Gasteiger partial charge in [0.1, 0.15) is 0 Å². The summed E-state index contributed by atoms with van der Waals surface area (Å²) in [7, 11) is 0. The first-order valence-electron chi connectivity index (χ1n) is 5.14. The number of nitriles is 1. The zero-order valence-electron chi connectivity index (χ0n) is 9.19. The molecular formula is C11H15N3OS. The van der Waals surface area contributed by atoms with E-state index in [0.717, 1.165) is 0 Å². The Morgan fingerprint density at radius 2 is 2.50 bits per heavy atom. The van der Waals surface area contributed by atoms with Gasteiger partial charge >= 0.3 is 0 Å². The second-order valence-corrected chi connectivity index (χ2v) is 4.36. The number of hydrogen-bond acceptors (Lipinski definition) is 4. The Balaban J connectivity index is 2.19. The quantitative estimate of drug-likeness (QED) is 0.736. The van der Waals surface area contributed by atoms with Gasteiger partial charge in [0.05, 0.1) is 19.0 Å². The third kappa shape index (κ3) is 4.43. The van der Waals surface area contributed by atoms with Gasteiger partial charge in [-0.2, -0.15) is 5.26 Å². The van der Waals surface area contributed by atoms with Crippen molar-refractivity contribution in [2.45, 2.75) is 19.4 Å². The molecule has 0 radical (unpaired) electrons. The first kappa shape index (κ1) is 12.7. The third-order valence-electron chi connectivity index (χ3n) is 2.10. The zero-order chi connectivity index (χ0) is 11.8.